The fraction of sp³-hybridized carbons (Fsp3) is 0.600. The SMILES string of the molecule is CCN1CCOC(CNc2cc(OC)cc(OC)c2)C1. The molecule has 0 aromatic heterocycles. The van der Waals surface area contributed by atoms with Crippen molar-refractivity contribution in [3.8, 4) is 11.5 Å². The molecular formula is C15H24N2O3. The van der Waals surface area contributed by atoms with Gasteiger partial charge in [-0.15, -0.1) is 0 Å². The molecule has 1 aliphatic heterocycles. The Balaban J connectivity index is 1.92. The molecule has 0 amide bonds. The van der Waals surface area contributed by atoms with Crippen LogP contribution in [-0.2, 0) is 4.74 Å². The Labute approximate surface area is 120 Å². The van der Waals surface area contributed by atoms with Gasteiger partial charge < -0.3 is 19.5 Å². The minimum absolute atomic E-state index is 0.223. The molecule has 0 radical (unpaired) electrons. The number of nitrogens with zero attached hydrogens (tertiary/aromatic N) is 1. The lowest BCUT2D eigenvalue weighted by Crippen LogP contribution is -2.45. The van der Waals surface area contributed by atoms with Crippen molar-refractivity contribution in [2.75, 3.05) is 52.3 Å². The van der Waals surface area contributed by atoms with E-state index in [1.54, 1.807) is 14.2 Å². The summed E-state index contributed by atoms with van der Waals surface area (Å²) in [6.07, 6.45) is 0.223. The summed E-state index contributed by atoms with van der Waals surface area (Å²) in [4.78, 5) is 2.40. The van der Waals surface area contributed by atoms with Gasteiger partial charge in [-0.2, -0.15) is 0 Å². The molecule has 20 heavy (non-hydrogen) atoms. The summed E-state index contributed by atoms with van der Waals surface area (Å²) >= 11 is 0. The van der Waals surface area contributed by atoms with Crippen molar-refractivity contribution in [2.45, 2.75) is 13.0 Å². The van der Waals surface area contributed by atoms with Crippen molar-refractivity contribution < 1.29 is 14.2 Å². The van der Waals surface area contributed by atoms with Crippen molar-refractivity contribution in [1.29, 1.82) is 0 Å². The topological polar surface area (TPSA) is 43.0 Å². The molecule has 1 N–H and O–H groups in total. The Kier molecular flexibility index (Phi) is 5.49. The van der Waals surface area contributed by atoms with Gasteiger partial charge in [-0.3, -0.25) is 4.90 Å². The lowest BCUT2D eigenvalue weighted by molar-refractivity contribution is -0.0191. The van der Waals surface area contributed by atoms with E-state index in [-0.39, 0.29) is 6.10 Å². The van der Waals surface area contributed by atoms with Gasteiger partial charge in [0, 0.05) is 43.5 Å². The van der Waals surface area contributed by atoms with Crippen molar-refractivity contribution in [3.63, 3.8) is 0 Å². The maximum atomic E-state index is 5.78. The van der Waals surface area contributed by atoms with E-state index in [9.17, 15) is 0 Å². The van der Waals surface area contributed by atoms with Gasteiger partial charge in [-0.05, 0) is 6.54 Å². The second-order valence-electron chi connectivity index (χ2n) is 4.87. The molecule has 5 heteroatoms. The van der Waals surface area contributed by atoms with Crippen molar-refractivity contribution in [2.24, 2.45) is 0 Å². The molecule has 1 aromatic carbocycles. The molecule has 1 saturated heterocycles. The van der Waals surface area contributed by atoms with Crippen LogP contribution in [0.2, 0.25) is 0 Å². The molecule has 0 aliphatic carbocycles. The number of likely N-dealkylation sites (N-methyl/N-ethyl adjacent to an activating group) is 1. The molecule has 1 heterocycles. The van der Waals surface area contributed by atoms with Crippen LogP contribution in [0.4, 0.5) is 5.69 Å². The quantitative estimate of drug-likeness (QED) is 0.861. The average molecular weight is 280 g/mol. The number of ether oxygens (including phenoxy) is 3. The van der Waals surface area contributed by atoms with Crippen LogP contribution in [0.3, 0.4) is 0 Å². The zero-order valence-electron chi connectivity index (χ0n) is 12.5. The highest BCUT2D eigenvalue weighted by Crippen LogP contribution is 2.25. The smallest absolute Gasteiger partial charge is 0.124 e. The van der Waals surface area contributed by atoms with E-state index in [0.29, 0.717) is 0 Å². The lowest BCUT2D eigenvalue weighted by Gasteiger charge is -2.32. The average Bonchev–Trinajstić information content (AvgIpc) is 2.52. The first-order chi connectivity index (χ1) is 9.75. The van der Waals surface area contributed by atoms with Gasteiger partial charge in [0.2, 0.25) is 0 Å². The van der Waals surface area contributed by atoms with Crippen molar-refractivity contribution in [3.05, 3.63) is 18.2 Å². The Bertz CT molecular complexity index is 403. The van der Waals surface area contributed by atoms with E-state index in [0.717, 1.165) is 50.0 Å². The molecule has 0 spiro atoms. The Morgan fingerprint density at radius 2 is 1.95 bits per heavy atom. The van der Waals surface area contributed by atoms with Gasteiger partial charge in [0.1, 0.15) is 11.5 Å². The number of benzene rings is 1. The molecular weight excluding hydrogens is 256 g/mol. The van der Waals surface area contributed by atoms with Crippen molar-refractivity contribution >= 4 is 5.69 Å². The summed E-state index contributed by atoms with van der Waals surface area (Å²) in [6.45, 7) is 6.86. The van der Waals surface area contributed by atoms with E-state index < -0.39 is 0 Å². The van der Waals surface area contributed by atoms with Gasteiger partial charge >= 0.3 is 0 Å². The number of hydrogen-bond donors (Lipinski definition) is 1. The first-order valence-corrected chi connectivity index (χ1v) is 7.06. The van der Waals surface area contributed by atoms with Gasteiger partial charge in [0.25, 0.3) is 0 Å². The molecule has 1 aromatic rings. The minimum Gasteiger partial charge on any atom is -0.497 e. The van der Waals surface area contributed by atoms with Crippen LogP contribution in [-0.4, -0.2) is 58.0 Å². The van der Waals surface area contributed by atoms with Crippen LogP contribution in [0.5, 0.6) is 11.5 Å². The van der Waals surface area contributed by atoms with E-state index in [1.807, 2.05) is 18.2 Å². The highest BCUT2D eigenvalue weighted by atomic mass is 16.5. The summed E-state index contributed by atoms with van der Waals surface area (Å²) in [5.41, 5.74) is 0.985. The largest absolute Gasteiger partial charge is 0.497 e. The zero-order valence-corrected chi connectivity index (χ0v) is 12.5. The van der Waals surface area contributed by atoms with Gasteiger partial charge in [-0.1, -0.05) is 6.92 Å². The van der Waals surface area contributed by atoms with Crippen molar-refractivity contribution in [1.82, 2.24) is 4.90 Å². The minimum atomic E-state index is 0.223. The second-order valence-corrected chi connectivity index (χ2v) is 4.87. The number of methoxy groups -OCH3 is 2. The van der Waals surface area contributed by atoms with Crippen LogP contribution in [0.15, 0.2) is 18.2 Å². The number of nitrogens with one attached hydrogen (secondary N) is 1. The van der Waals surface area contributed by atoms with Crippen LogP contribution >= 0.6 is 0 Å². The van der Waals surface area contributed by atoms with E-state index >= 15 is 0 Å². The van der Waals surface area contributed by atoms with E-state index in [1.165, 1.54) is 0 Å². The maximum Gasteiger partial charge on any atom is 0.124 e. The highest BCUT2D eigenvalue weighted by Gasteiger charge is 2.18. The molecule has 5 nitrogen and oxygen atoms in total. The molecule has 0 saturated carbocycles. The molecule has 2 rings (SSSR count). The second kappa shape index (κ2) is 7.36. The van der Waals surface area contributed by atoms with Gasteiger partial charge in [0.05, 0.1) is 26.9 Å². The fourth-order valence-corrected chi connectivity index (χ4v) is 2.33. The Morgan fingerprint density at radius 1 is 1.25 bits per heavy atom. The molecule has 1 fully saturated rings. The highest BCUT2D eigenvalue weighted by molar-refractivity contribution is 5.53. The Hall–Kier alpha value is -1.46. The number of rotatable bonds is 6. The molecule has 112 valence electrons. The van der Waals surface area contributed by atoms with E-state index in [2.05, 4.69) is 17.1 Å². The van der Waals surface area contributed by atoms with Gasteiger partial charge in [-0.25, -0.2) is 0 Å². The third-order valence-electron chi connectivity index (χ3n) is 3.56. The summed E-state index contributed by atoms with van der Waals surface area (Å²) in [7, 11) is 3.31. The third kappa shape index (κ3) is 4.02. The molecule has 0 bridgehead atoms. The maximum absolute atomic E-state index is 5.78. The predicted octanol–water partition coefficient (Wildman–Crippen LogP) is 1.84. The predicted molar refractivity (Wildman–Crippen MR) is 79.9 cm³/mol. The standard InChI is InChI=1S/C15H24N2O3/c1-4-17-5-6-20-15(11-17)10-16-12-7-13(18-2)9-14(8-12)19-3/h7-9,15-16H,4-6,10-11H2,1-3H3. The fourth-order valence-electron chi connectivity index (χ4n) is 2.33. The van der Waals surface area contributed by atoms with Crippen LogP contribution in [0, 0.1) is 0 Å². The van der Waals surface area contributed by atoms with E-state index in [4.69, 9.17) is 14.2 Å². The molecule has 1 unspecified atom stereocenters. The zero-order chi connectivity index (χ0) is 14.4. The summed E-state index contributed by atoms with van der Waals surface area (Å²) in [5.74, 6) is 1.57. The number of anilines is 1. The summed E-state index contributed by atoms with van der Waals surface area (Å²) < 4.78 is 16.3. The summed E-state index contributed by atoms with van der Waals surface area (Å²) in [5, 5.41) is 3.40. The monoisotopic (exact) mass is 280 g/mol. The lowest BCUT2D eigenvalue weighted by atomic mass is 10.2. The molecule has 1 atom stereocenters. The summed E-state index contributed by atoms with van der Waals surface area (Å²) in [6, 6.07) is 5.78. The third-order valence-corrected chi connectivity index (χ3v) is 3.56. The Morgan fingerprint density at radius 3 is 2.55 bits per heavy atom. The van der Waals surface area contributed by atoms with Crippen LogP contribution in [0.25, 0.3) is 0 Å². The molecule has 1 aliphatic rings. The van der Waals surface area contributed by atoms with Gasteiger partial charge in [0.15, 0.2) is 0 Å². The number of hydrogen-bond acceptors (Lipinski definition) is 5. The van der Waals surface area contributed by atoms with Crippen LogP contribution in [0.1, 0.15) is 6.92 Å². The van der Waals surface area contributed by atoms with Crippen LogP contribution < -0.4 is 14.8 Å². The number of morpholine rings is 1. The first-order valence-electron chi connectivity index (χ1n) is 7.06. The normalized spacial score (nSPS) is 19.6. The first kappa shape index (κ1) is 14.9.